The summed E-state index contributed by atoms with van der Waals surface area (Å²) in [5.41, 5.74) is 0.388. The first-order chi connectivity index (χ1) is 15.3. The molecule has 1 aliphatic carbocycles. The van der Waals surface area contributed by atoms with Gasteiger partial charge in [-0.15, -0.1) is 0 Å². The molecule has 3 aromatic rings. The van der Waals surface area contributed by atoms with Crippen molar-refractivity contribution in [3.8, 4) is 11.4 Å². The quantitative estimate of drug-likeness (QED) is 0.583. The Kier molecular flexibility index (Phi) is 4.88. The van der Waals surface area contributed by atoms with Crippen LogP contribution in [0.1, 0.15) is 31.9 Å². The van der Waals surface area contributed by atoms with E-state index < -0.39 is 11.9 Å². The summed E-state index contributed by atoms with van der Waals surface area (Å²) in [6.45, 7) is 4.04. The zero-order valence-corrected chi connectivity index (χ0v) is 17.4. The van der Waals surface area contributed by atoms with Crippen LogP contribution in [0.3, 0.4) is 0 Å². The molecule has 1 saturated carbocycles. The first-order valence-corrected chi connectivity index (χ1v) is 10.6. The van der Waals surface area contributed by atoms with E-state index in [-0.39, 0.29) is 11.6 Å². The average Bonchev–Trinajstić information content (AvgIpc) is 3.27. The molecule has 2 aliphatic rings. The second-order valence-corrected chi connectivity index (χ2v) is 8.30. The van der Waals surface area contributed by atoms with Crippen molar-refractivity contribution in [2.45, 2.75) is 50.5 Å². The van der Waals surface area contributed by atoms with Crippen LogP contribution in [0.25, 0.3) is 22.6 Å². The smallest absolute Gasteiger partial charge is 0.364 e. The predicted octanol–water partition coefficient (Wildman–Crippen LogP) is 3.14. The Hall–Kier alpha value is -3.08. The SMILES string of the molecule is CCn1c(-c2ccc(C(F)(F)F)nc2)nc2c(NC3CCN(C4(C=O)CC4)C3)ncnc21. The molecule has 168 valence electrons. The second-order valence-electron chi connectivity index (χ2n) is 8.30. The minimum absolute atomic E-state index is 0.119. The van der Waals surface area contributed by atoms with Gasteiger partial charge >= 0.3 is 6.18 Å². The highest BCUT2D eigenvalue weighted by Gasteiger charge is 2.50. The third-order valence-electron chi connectivity index (χ3n) is 6.30. The number of alkyl halides is 3. The maximum Gasteiger partial charge on any atom is 0.433 e. The van der Waals surface area contributed by atoms with Gasteiger partial charge in [0.25, 0.3) is 0 Å². The number of rotatable bonds is 6. The summed E-state index contributed by atoms with van der Waals surface area (Å²) in [6, 6.07) is 2.44. The molecular formula is C21H22F3N7O. The number of carbonyl (C=O) groups excluding carboxylic acids is 1. The summed E-state index contributed by atoms with van der Waals surface area (Å²) >= 11 is 0. The first-order valence-electron chi connectivity index (χ1n) is 10.6. The van der Waals surface area contributed by atoms with Crippen molar-refractivity contribution in [3.05, 3.63) is 30.4 Å². The van der Waals surface area contributed by atoms with Crippen molar-refractivity contribution in [2.75, 3.05) is 18.4 Å². The van der Waals surface area contributed by atoms with Gasteiger partial charge in [-0.25, -0.2) is 15.0 Å². The van der Waals surface area contributed by atoms with Crippen molar-refractivity contribution in [1.82, 2.24) is 29.4 Å². The van der Waals surface area contributed by atoms with Crippen LogP contribution in [0.15, 0.2) is 24.7 Å². The molecule has 0 bridgehead atoms. The van der Waals surface area contributed by atoms with E-state index in [0.29, 0.717) is 34.9 Å². The zero-order chi connectivity index (χ0) is 22.5. The topological polar surface area (TPSA) is 88.8 Å². The number of carbonyl (C=O) groups is 1. The summed E-state index contributed by atoms with van der Waals surface area (Å²) in [7, 11) is 0. The van der Waals surface area contributed by atoms with Crippen molar-refractivity contribution in [2.24, 2.45) is 0 Å². The third-order valence-corrected chi connectivity index (χ3v) is 6.30. The molecule has 1 N–H and O–H groups in total. The predicted molar refractivity (Wildman–Crippen MR) is 111 cm³/mol. The minimum atomic E-state index is -4.50. The lowest BCUT2D eigenvalue weighted by molar-refractivity contribution is -0.141. The van der Waals surface area contributed by atoms with E-state index in [1.807, 2.05) is 11.5 Å². The van der Waals surface area contributed by atoms with Crippen LogP contribution in [0.2, 0.25) is 0 Å². The first kappa shape index (κ1) is 20.8. The number of halogens is 3. The Bertz CT molecular complexity index is 1150. The Balaban J connectivity index is 1.45. The van der Waals surface area contributed by atoms with Crippen LogP contribution in [0, 0.1) is 0 Å². The molecule has 0 spiro atoms. The summed E-state index contributed by atoms with van der Waals surface area (Å²) in [5, 5.41) is 3.43. The number of nitrogens with zero attached hydrogens (tertiary/aromatic N) is 6. The van der Waals surface area contributed by atoms with Gasteiger partial charge in [-0.3, -0.25) is 9.88 Å². The molecule has 0 amide bonds. The number of fused-ring (bicyclic) bond motifs is 1. The molecule has 1 unspecified atom stereocenters. The highest BCUT2D eigenvalue weighted by molar-refractivity contribution is 5.86. The fraction of sp³-hybridized carbons (Fsp3) is 0.476. The largest absolute Gasteiger partial charge is 0.433 e. The van der Waals surface area contributed by atoms with Crippen molar-refractivity contribution in [3.63, 3.8) is 0 Å². The molecular weight excluding hydrogens is 423 g/mol. The van der Waals surface area contributed by atoms with Gasteiger partial charge in [-0.05, 0) is 38.3 Å². The van der Waals surface area contributed by atoms with Gasteiger partial charge in [0.2, 0.25) is 0 Å². The number of aryl methyl sites for hydroxylation is 1. The van der Waals surface area contributed by atoms with E-state index in [2.05, 4.69) is 30.2 Å². The Labute approximate surface area is 181 Å². The van der Waals surface area contributed by atoms with Crippen LogP contribution in [-0.4, -0.2) is 60.4 Å². The minimum Gasteiger partial charge on any atom is -0.364 e. The molecule has 32 heavy (non-hydrogen) atoms. The van der Waals surface area contributed by atoms with Gasteiger partial charge in [0.15, 0.2) is 17.0 Å². The molecule has 0 aromatic carbocycles. The molecule has 3 aromatic heterocycles. The number of anilines is 1. The number of hydrogen-bond acceptors (Lipinski definition) is 7. The van der Waals surface area contributed by atoms with Crippen LogP contribution in [0.4, 0.5) is 19.0 Å². The van der Waals surface area contributed by atoms with Gasteiger partial charge in [0.1, 0.15) is 24.1 Å². The van der Waals surface area contributed by atoms with Gasteiger partial charge in [0, 0.05) is 37.4 Å². The van der Waals surface area contributed by atoms with Gasteiger partial charge < -0.3 is 14.7 Å². The summed E-state index contributed by atoms with van der Waals surface area (Å²) in [6.07, 6.45) is 1.90. The van der Waals surface area contributed by atoms with Gasteiger partial charge in [-0.1, -0.05) is 0 Å². The molecule has 5 rings (SSSR count). The molecule has 0 radical (unpaired) electrons. The van der Waals surface area contributed by atoms with E-state index in [4.69, 9.17) is 0 Å². The normalized spacial score (nSPS) is 20.6. The third kappa shape index (κ3) is 3.50. The average molecular weight is 445 g/mol. The molecule has 2 fully saturated rings. The molecule has 8 nitrogen and oxygen atoms in total. The Morgan fingerprint density at radius 1 is 1.25 bits per heavy atom. The van der Waals surface area contributed by atoms with E-state index in [1.54, 1.807) is 0 Å². The number of hydrogen-bond donors (Lipinski definition) is 1. The van der Waals surface area contributed by atoms with Crippen molar-refractivity contribution in [1.29, 1.82) is 0 Å². The van der Waals surface area contributed by atoms with E-state index in [1.165, 1.54) is 18.6 Å². The number of aldehydes is 1. The maximum absolute atomic E-state index is 12.9. The van der Waals surface area contributed by atoms with Gasteiger partial charge in [0.05, 0.1) is 5.54 Å². The van der Waals surface area contributed by atoms with E-state index in [9.17, 15) is 18.0 Å². The lowest BCUT2D eigenvalue weighted by atomic mass is 10.2. The monoisotopic (exact) mass is 445 g/mol. The standard InChI is InChI=1S/C21H22F3N7O/c1-2-31-18(13-3-4-15(25-9-13)21(22,23)24)29-16-17(26-12-27-19(16)31)28-14-5-8-30(10-14)20(11-32)6-7-20/h3-4,9,11-12,14H,2,5-8,10H2,1H3,(H,26,27,28). The van der Waals surface area contributed by atoms with Crippen LogP contribution >= 0.6 is 0 Å². The fourth-order valence-electron chi connectivity index (χ4n) is 4.37. The number of imidazole rings is 1. The van der Waals surface area contributed by atoms with Crippen molar-refractivity contribution < 1.29 is 18.0 Å². The van der Waals surface area contributed by atoms with Crippen LogP contribution < -0.4 is 5.32 Å². The van der Waals surface area contributed by atoms with Gasteiger partial charge in [-0.2, -0.15) is 13.2 Å². The molecule has 11 heteroatoms. The maximum atomic E-state index is 12.9. The van der Waals surface area contributed by atoms with Crippen LogP contribution in [0.5, 0.6) is 0 Å². The highest BCUT2D eigenvalue weighted by Crippen LogP contribution is 2.42. The number of nitrogens with one attached hydrogen (secondary N) is 1. The zero-order valence-electron chi connectivity index (χ0n) is 17.4. The van der Waals surface area contributed by atoms with E-state index >= 15 is 0 Å². The highest BCUT2D eigenvalue weighted by atomic mass is 19.4. The van der Waals surface area contributed by atoms with Crippen molar-refractivity contribution >= 4 is 23.3 Å². The molecule has 1 aliphatic heterocycles. The Morgan fingerprint density at radius 3 is 2.69 bits per heavy atom. The molecule has 4 heterocycles. The number of likely N-dealkylation sites (tertiary alicyclic amines) is 1. The lowest BCUT2D eigenvalue weighted by Gasteiger charge is -2.22. The summed E-state index contributed by atoms with van der Waals surface area (Å²) < 4.78 is 40.5. The van der Waals surface area contributed by atoms with E-state index in [0.717, 1.165) is 44.7 Å². The van der Waals surface area contributed by atoms with Crippen LogP contribution in [-0.2, 0) is 17.5 Å². The fourth-order valence-corrected chi connectivity index (χ4v) is 4.37. The lowest BCUT2D eigenvalue weighted by Crippen LogP contribution is -2.38. The number of aromatic nitrogens is 5. The number of pyridine rings is 1. The summed E-state index contributed by atoms with van der Waals surface area (Å²) in [4.78, 5) is 30.6. The second kappa shape index (κ2) is 7.51. The molecule has 1 atom stereocenters. The molecule has 1 saturated heterocycles. The Morgan fingerprint density at radius 2 is 2.06 bits per heavy atom. The summed E-state index contributed by atoms with van der Waals surface area (Å²) in [5.74, 6) is 1.06.